The van der Waals surface area contributed by atoms with Crippen LogP contribution in [0.3, 0.4) is 0 Å². The van der Waals surface area contributed by atoms with Gasteiger partial charge in [0.1, 0.15) is 0 Å². The highest BCUT2D eigenvalue weighted by molar-refractivity contribution is 5.96. The number of nitrogens with zero attached hydrogens (tertiary/aromatic N) is 2. The van der Waals surface area contributed by atoms with Crippen LogP contribution >= 0.6 is 0 Å². The molecule has 1 aliphatic heterocycles. The number of rotatable bonds is 7. The van der Waals surface area contributed by atoms with Gasteiger partial charge in [-0.1, -0.05) is 47.5 Å². The Hall–Kier alpha value is -2.70. The van der Waals surface area contributed by atoms with E-state index in [2.05, 4.69) is 51.6 Å². The van der Waals surface area contributed by atoms with Crippen LogP contribution in [0.25, 0.3) is 0 Å². The molecule has 2 N–H and O–H groups in total. The second-order valence-corrected chi connectivity index (χ2v) is 8.99. The van der Waals surface area contributed by atoms with Crippen molar-refractivity contribution in [2.75, 3.05) is 44.6 Å². The summed E-state index contributed by atoms with van der Waals surface area (Å²) in [5.74, 6) is -0.307. The molecule has 0 radical (unpaired) electrons. The number of benzene rings is 2. The molecule has 0 bridgehead atoms. The Balaban J connectivity index is 1.41. The SMILES string of the molecule is Cc1ccc(CN2CCCN(CC(=O)NCC(=O)Nc3c(C)cc(C)cc3C)CC2)cc1. The quantitative estimate of drug-likeness (QED) is 0.700. The summed E-state index contributed by atoms with van der Waals surface area (Å²) in [4.78, 5) is 29.4. The van der Waals surface area contributed by atoms with Crippen molar-refractivity contribution in [3.63, 3.8) is 0 Å². The standard InChI is InChI=1S/C26H36N4O2/c1-19-6-8-23(9-7-19)17-29-10-5-11-30(13-12-29)18-25(32)27-16-24(31)28-26-21(3)14-20(2)15-22(26)4/h6-9,14-15H,5,10-13,16-18H2,1-4H3,(H,27,32)(H,28,31). The van der Waals surface area contributed by atoms with E-state index in [1.165, 1.54) is 16.7 Å². The van der Waals surface area contributed by atoms with Crippen molar-refractivity contribution < 1.29 is 9.59 Å². The smallest absolute Gasteiger partial charge is 0.243 e. The zero-order chi connectivity index (χ0) is 23.1. The van der Waals surface area contributed by atoms with Crippen molar-refractivity contribution in [1.82, 2.24) is 15.1 Å². The monoisotopic (exact) mass is 436 g/mol. The van der Waals surface area contributed by atoms with Crippen molar-refractivity contribution in [3.8, 4) is 0 Å². The van der Waals surface area contributed by atoms with E-state index >= 15 is 0 Å². The topological polar surface area (TPSA) is 64.7 Å². The van der Waals surface area contributed by atoms with Gasteiger partial charge in [-0.3, -0.25) is 19.4 Å². The lowest BCUT2D eigenvalue weighted by molar-refractivity contribution is -0.125. The first-order chi connectivity index (χ1) is 15.3. The van der Waals surface area contributed by atoms with Gasteiger partial charge in [-0.15, -0.1) is 0 Å². The molecule has 6 nitrogen and oxygen atoms in total. The predicted octanol–water partition coefficient (Wildman–Crippen LogP) is 3.18. The molecule has 2 amide bonds. The summed E-state index contributed by atoms with van der Waals surface area (Å²) in [6.07, 6.45) is 1.03. The van der Waals surface area contributed by atoms with E-state index in [0.29, 0.717) is 6.54 Å². The molecule has 0 aromatic heterocycles. The normalized spacial score (nSPS) is 15.2. The lowest BCUT2D eigenvalue weighted by Crippen LogP contribution is -2.41. The lowest BCUT2D eigenvalue weighted by atomic mass is 10.1. The average molecular weight is 437 g/mol. The Morgan fingerprint density at radius 2 is 1.44 bits per heavy atom. The largest absolute Gasteiger partial charge is 0.346 e. The summed E-state index contributed by atoms with van der Waals surface area (Å²) >= 11 is 0. The number of amides is 2. The zero-order valence-electron chi connectivity index (χ0n) is 19.8. The molecular formula is C26H36N4O2. The Morgan fingerprint density at radius 3 is 2.12 bits per heavy atom. The number of hydrogen-bond acceptors (Lipinski definition) is 4. The van der Waals surface area contributed by atoms with Gasteiger partial charge in [0.2, 0.25) is 11.8 Å². The fourth-order valence-electron chi connectivity index (χ4n) is 4.29. The Labute approximate surface area is 192 Å². The first-order valence-corrected chi connectivity index (χ1v) is 11.4. The van der Waals surface area contributed by atoms with E-state index < -0.39 is 0 Å². The number of hydrogen-bond donors (Lipinski definition) is 2. The molecule has 32 heavy (non-hydrogen) atoms. The number of aryl methyl sites for hydroxylation is 4. The molecule has 2 aromatic rings. The molecule has 2 aromatic carbocycles. The Kier molecular flexibility index (Phi) is 8.42. The summed E-state index contributed by atoms with van der Waals surface area (Å²) < 4.78 is 0. The van der Waals surface area contributed by atoms with Gasteiger partial charge in [0.05, 0.1) is 13.1 Å². The van der Waals surface area contributed by atoms with Crippen LogP contribution in [0.15, 0.2) is 36.4 Å². The number of anilines is 1. The molecule has 1 heterocycles. The van der Waals surface area contributed by atoms with Crippen LogP contribution in [0.2, 0.25) is 0 Å². The van der Waals surface area contributed by atoms with Crippen LogP contribution < -0.4 is 10.6 Å². The van der Waals surface area contributed by atoms with Gasteiger partial charge in [-0.25, -0.2) is 0 Å². The summed E-state index contributed by atoms with van der Waals surface area (Å²) in [6, 6.07) is 12.8. The fourth-order valence-corrected chi connectivity index (χ4v) is 4.29. The van der Waals surface area contributed by atoms with Crippen molar-refractivity contribution in [3.05, 3.63) is 64.2 Å². The van der Waals surface area contributed by atoms with Gasteiger partial charge in [0.25, 0.3) is 0 Å². The minimum absolute atomic E-state index is 0.0149. The van der Waals surface area contributed by atoms with E-state index in [4.69, 9.17) is 0 Å². The van der Waals surface area contributed by atoms with Crippen LogP contribution in [0, 0.1) is 27.7 Å². The van der Waals surface area contributed by atoms with Crippen LogP contribution in [-0.4, -0.2) is 60.9 Å². The summed E-state index contributed by atoms with van der Waals surface area (Å²) in [6.45, 7) is 13.1. The minimum Gasteiger partial charge on any atom is -0.346 e. The van der Waals surface area contributed by atoms with Crippen molar-refractivity contribution >= 4 is 17.5 Å². The van der Waals surface area contributed by atoms with E-state index in [-0.39, 0.29) is 18.4 Å². The van der Waals surface area contributed by atoms with Crippen molar-refractivity contribution in [2.24, 2.45) is 0 Å². The molecule has 0 spiro atoms. The average Bonchev–Trinajstić information content (AvgIpc) is 2.96. The molecule has 0 aliphatic carbocycles. The van der Waals surface area contributed by atoms with Gasteiger partial charge in [0, 0.05) is 25.3 Å². The van der Waals surface area contributed by atoms with Crippen LogP contribution in [0.5, 0.6) is 0 Å². The number of carbonyl (C=O) groups excluding carboxylic acids is 2. The molecule has 0 saturated carbocycles. The molecule has 172 valence electrons. The molecule has 0 unspecified atom stereocenters. The maximum atomic E-state index is 12.4. The summed E-state index contributed by atoms with van der Waals surface area (Å²) in [5, 5.41) is 5.70. The first kappa shape index (κ1) is 24.0. The van der Waals surface area contributed by atoms with E-state index in [1.54, 1.807) is 0 Å². The number of nitrogens with one attached hydrogen (secondary N) is 2. The van der Waals surface area contributed by atoms with E-state index in [1.807, 2.05) is 32.9 Å². The summed E-state index contributed by atoms with van der Waals surface area (Å²) in [7, 11) is 0. The zero-order valence-corrected chi connectivity index (χ0v) is 19.8. The molecule has 1 aliphatic rings. The van der Waals surface area contributed by atoms with Gasteiger partial charge in [0.15, 0.2) is 0 Å². The van der Waals surface area contributed by atoms with Gasteiger partial charge < -0.3 is 10.6 Å². The third kappa shape index (κ3) is 7.18. The molecular weight excluding hydrogens is 400 g/mol. The highest BCUT2D eigenvalue weighted by atomic mass is 16.2. The van der Waals surface area contributed by atoms with Gasteiger partial charge in [-0.2, -0.15) is 0 Å². The Morgan fingerprint density at radius 1 is 0.812 bits per heavy atom. The molecule has 3 rings (SSSR count). The lowest BCUT2D eigenvalue weighted by Gasteiger charge is -2.21. The highest BCUT2D eigenvalue weighted by Gasteiger charge is 2.18. The van der Waals surface area contributed by atoms with Crippen molar-refractivity contribution in [1.29, 1.82) is 0 Å². The molecule has 1 saturated heterocycles. The summed E-state index contributed by atoms with van der Waals surface area (Å²) in [5.41, 5.74) is 6.66. The third-order valence-electron chi connectivity index (χ3n) is 5.96. The second-order valence-electron chi connectivity index (χ2n) is 8.99. The van der Waals surface area contributed by atoms with Crippen LogP contribution in [0.1, 0.15) is 34.2 Å². The second kappa shape index (κ2) is 11.2. The fraction of sp³-hybridized carbons (Fsp3) is 0.462. The highest BCUT2D eigenvalue weighted by Crippen LogP contribution is 2.21. The van der Waals surface area contributed by atoms with Gasteiger partial charge >= 0.3 is 0 Å². The third-order valence-corrected chi connectivity index (χ3v) is 5.96. The molecule has 0 atom stereocenters. The predicted molar refractivity (Wildman–Crippen MR) is 130 cm³/mol. The Bertz CT molecular complexity index is 916. The number of carbonyl (C=O) groups is 2. The first-order valence-electron chi connectivity index (χ1n) is 11.4. The van der Waals surface area contributed by atoms with E-state index in [0.717, 1.165) is 56.0 Å². The van der Waals surface area contributed by atoms with Crippen LogP contribution in [-0.2, 0) is 16.1 Å². The maximum absolute atomic E-state index is 12.4. The molecule has 6 heteroatoms. The van der Waals surface area contributed by atoms with Gasteiger partial charge in [-0.05, 0) is 63.9 Å². The molecule has 1 fully saturated rings. The minimum atomic E-state index is -0.200. The van der Waals surface area contributed by atoms with E-state index in [9.17, 15) is 9.59 Å². The van der Waals surface area contributed by atoms with Crippen LogP contribution in [0.4, 0.5) is 5.69 Å². The maximum Gasteiger partial charge on any atom is 0.243 e. The van der Waals surface area contributed by atoms with Crippen molar-refractivity contribution in [2.45, 2.75) is 40.7 Å².